The zero-order valence-electron chi connectivity index (χ0n) is 17.5. The molecule has 5 rings (SSSR count). The van der Waals surface area contributed by atoms with E-state index in [9.17, 15) is 9.59 Å². The largest absolute Gasteiger partial charge is 0.493 e. The van der Waals surface area contributed by atoms with Gasteiger partial charge in [0.2, 0.25) is 0 Å². The molecule has 0 radical (unpaired) electrons. The molecule has 0 saturated carbocycles. The Morgan fingerprint density at radius 3 is 2.72 bits per heavy atom. The molecule has 1 aromatic heterocycles. The molecule has 32 heavy (non-hydrogen) atoms. The lowest BCUT2D eigenvalue weighted by atomic mass is 10.0. The highest BCUT2D eigenvalue weighted by Crippen LogP contribution is 2.32. The lowest BCUT2D eigenvalue weighted by molar-refractivity contribution is 0.0517. The van der Waals surface area contributed by atoms with E-state index in [-0.39, 0.29) is 18.2 Å². The number of nitrogens with zero attached hydrogens (tertiary/aromatic N) is 4. The van der Waals surface area contributed by atoms with Gasteiger partial charge in [0, 0.05) is 24.2 Å². The second-order valence-electron chi connectivity index (χ2n) is 7.56. The Morgan fingerprint density at radius 2 is 1.97 bits per heavy atom. The number of rotatable bonds is 4. The summed E-state index contributed by atoms with van der Waals surface area (Å²) >= 11 is 0. The first-order valence-corrected chi connectivity index (χ1v) is 10.5. The number of fused-ring (bicyclic) bond motifs is 2. The van der Waals surface area contributed by atoms with E-state index in [1.165, 1.54) is 0 Å². The molecule has 0 unspecified atom stereocenters. The molecule has 0 atom stereocenters. The highest BCUT2D eigenvalue weighted by molar-refractivity contribution is 6.09. The average molecular weight is 428 g/mol. The first kappa shape index (κ1) is 19.8. The summed E-state index contributed by atoms with van der Waals surface area (Å²) < 4.78 is 12.3. The van der Waals surface area contributed by atoms with Crippen LogP contribution in [0.4, 0.5) is 5.69 Å². The summed E-state index contributed by atoms with van der Waals surface area (Å²) in [5, 5.41) is 13.6. The van der Waals surface area contributed by atoms with Crippen molar-refractivity contribution < 1.29 is 19.1 Å². The van der Waals surface area contributed by atoms with Crippen LogP contribution in [0.25, 0.3) is 5.69 Å². The summed E-state index contributed by atoms with van der Waals surface area (Å²) in [4.78, 5) is 27.9. The van der Waals surface area contributed by atoms with Gasteiger partial charge in [-0.05, 0) is 61.4 Å². The summed E-state index contributed by atoms with van der Waals surface area (Å²) in [6.07, 6.45) is 1.24. The molecule has 0 N–H and O–H groups in total. The van der Waals surface area contributed by atoms with Crippen molar-refractivity contribution in [1.82, 2.24) is 9.78 Å². The first-order chi connectivity index (χ1) is 15.6. The lowest BCUT2D eigenvalue weighted by Gasteiger charge is -2.27. The van der Waals surface area contributed by atoms with Gasteiger partial charge >= 0.3 is 5.97 Å². The normalized spacial score (nSPS) is 14.4. The van der Waals surface area contributed by atoms with E-state index in [2.05, 4.69) is 11.2 Å². The average Bonchev–Trinajstić information content (AvgIpc) is 3.44. The Bertz CT molecular complexity index is 1270. The second kappa shape index (κ2) is 7.85. The Morgan fingerprint density at radius 1 is 1.19 bits per heavy atom. The molecule has 0 spiro atoms. The second-order valence-corrected chi connectivity index (χ2v) is 7.56. The van der Waals surface area contributed by atoms with Crippen LogP contribution < -0.4 is 9.64 Å². The van der Waals surface area contributed by atoms with Crippen LogP contribution in [0, 0.1) is 11.3 Å². The molecule has 0 fully saturated rings. The summed E-state index contributed by atoms with van der Waals surface area (Å²) in [7, 11) is 0. The van der Waals surface area contributed by atoms with Crippen molar-refractivity contribution in [3.63, 3.8) is 0 Å². The molecular formula is C24H20N4O4. The molecule has 3 aromatic rings. The molecule has 0 bridgehead atoms. The fourth-order valence-electron chi connectivity index (χ4n) is 4.18. The van der Waals surface area contributed by atoms with Crippen LogP contribution in [-0.2, 0) is 17.6 Å². The number of aromatic nitrogens is 2. The van der Waals surface area contributed by atoms with Gasteiger partial charge in [-0.25, -0.2) is 9.48 Å². The number of anilines is 1. The third-order valence-corrected chi connectivity index (χ3v) is 5.71. The number of esters is 1. The standard InChI is InChI=1S/C24H20N4O4/c1-2-31-24(30)21-19-9-11-27(17-5-3-15(14-25)4-6-17)23(29)22(19)28(26-21)18-7-8-20-16(13-18)10-12-32-20/h3-8,13H,2,9-12H2,1H3. The summed E-state index contributed by atoms with van der Waals surface area (Å²) in [5.41, 5.74) is 4.05. The van der Waals surface area contributed by atoms with Crippen molar-refractivity contribution in [2.75, 3.05) is 24.7 Å². The van der Waals surface area contributed by atoms with Crippen molar-refractivity contribution in [1.29, 1.82) is 5.26 Å². The maximum absolute atomic E-state index is 13.6. The number of amides is 1. The number of ether oxygens (including phenoxy) is 2. The van der Waals surface area contributed by atoms with Gasteiger partial charge in [-0.15, -0.1) is 0 Å². The van der Waals surface area contributed by atoms with E-state index in [0.717, 1.165) is 17.7 Å². The van der Waals surface area contributed by atoms with Crippen molar-refractivity contribution in [2.45, 2.75) is 19.8 Å². The van der Waals surface area contributed by atoms with E-state index in [0.29, 0.717) is 47.8 Å². The molecule has 0 saturated heterocycles. The molecule has 1 amide bonds. The van der Waals surface area contributed by atoms with Gasteiger partial charge in [-0.1, -0.05) is 0 Å². The van der Waals surface area contributed by atoms with E-state index >= 15 is 0 Å². The number of benzene rings is 2. The zero-order valence-corrected chi connectivity index (χ0v) is 17.5. The lowest BCUT2D eigenvalue weighted by Crippen LogP contribution is -2.39. The van der Waals surface area contributed by atoms with Gasteiger partial charge in [0.25, 0.3) is 5.91 Å². The van der Waals surface area contributed by atoms with Crippen LogP contribution in [0.1, 0.15) is 44.6 Å². The van der Waals surface area contributed by atoms with Crippen LogP contribution in [-0.4, -0.2) is 41.4 Å². The molecule has 2 aliphatic heterocycles. The minimum absolute atomic E-state index is 0.173. The van der Waals surface area contributed by atoms with Gasteiger partial charge in [0.15, 0.2) is 5.69 Å². The van der Waals surface area contributed by atoms with Gasteiger partial charge in [-0.3, -0.25) is 4.79 Å². The van der Waals surface area contributed by atoms with Crippen molar-refractivity contribution in [2.24, 2.45) is 0 Å². The maximum atomic E-state index is 13.6. The molecule has 2 aliphatic rings. The van der Waals surface area contributed by atoms with Gasteiger partial charge in [0.1, 0.15) is 11.4 Å². The smallest absolute Gasteiger partial charge is 0.359 e. The van der Waals surface area contributed by atoms with Gasteiger partial charge in [0.05, 0.1) is 30.5 Å². The van der Waals surface area contributed by atoms with Crippen LogP contribution in [0.3, 0.4) is 0 Å². The Labute approximate surface area is 184 Å². The molecule has 8 heteroatoms. The molecule has 3 heterocycles. The maximum Gasteiger partial charge on any atom is 0.359 e. The number of nitriles is 1. The van der Waals surface area contributed by atoms with E-state index in [1.807, 2.05) is 18.2 Å². The minimum Gasteiger partial charge on any atom is -0.493 e. The monoisotopic (exact) mass is 428 g/mol. The Hall–Kier alpha value is -4.12. The highest BCUT2D eigenvalue weighted by atomic mass is 16.5. The van der Waals surface area contributed by atoms with E-state index in [4.69, 9.17) is 14.7 Å². The fourth-order valence-corrected chi connectivity index (χ4v) is 4.18. The summed E-state index contributed by atoms with van der Waals surface area (Å²) in [6.45, 7) is 2.98. The third kappa shape index (κ3) is 3.19. The highest BCUT2D eigenvalue weighted by Gasteiger charge is 2.35. The van der Waals surface area contributed by atoms with Crippen molar-refractivity contribution in [3.05, 3.63) is 70.5 Å². The quantitative estimate of drug-likeness (QED) is 0.593. The molecule has 160 valence electrons. The Kier molecular flexibility index (Phi) is 4.86. The molecule has 8 nitrogen and oxygen atoms in total. The van der Waals surface area contributed by atoms with Crippen molar-refractivity contribution in [3.8, 4) is 17.5 Å². The predicted molar refractivity (Wildman–Crippen MR) is 115 cm³/mol. The predicted octanol–water partition coefficient (Wildman–Crippen LogP) is 3.06. The summed E-state index contributed by atoms with van der Waals surface area (Å²) in [5.74, 6) is 0.0355. The number of carbonyl (C=O) groups is 2. The van der Waals surface area contributed by atoms with Crippen LogP contribution in [0.2, 0.25) is 0 Å². The number of hydrogen-bond donors (Lipinski definition) is 0. The fraction of sp³-hybridized carbons (Fsp3) is 0.250. The SMILES string of the molecule is CCOC(=O)c1nn(-c2ccc3c(c2)CCO3)c2c1CCN(c1ccc(C#N)cc1)C2=O. The third-order valence-electron chi connectivity index (χ3n) is 5.71. The van der Waals surface area contributed by atoms with Gasteiger partial charge < -0.3 is 14.4 Å². The number of carbonyl (C=O) groups excluding carboxylic acids is 2. The van der Waals surface area contributed by atoms with Gasteiger partial charge in [-0.2, -0.15) is 10.4 Å². The minimum atomic E-state index is -0.536. The number of hydrogen-bond acceptors (Lipinski definition) is 6. The van der Waals surface area contributed by atoms with E-state index in [1.54, 1.807) is 40.8 Å². The Balaban J connectivity index is 1.62. The van der Waals surface area contributed by atoms with Crippen LogP contribution in [0.5, 0.6) is 5.75 Å². The van der Waals surface area contributed by atoms with Crippen molar-refractivity contribution >= 4 is 17.6 Å². The molecule has 0 aliphatic carbocycles. The van der Waals surface area contributed by atoms with Crippen LogP contribution >= 0.6 is 0 Å². The summed E-state index contributed by atoms with van der Waals surface area (Å²) in [6, 6.07) is 14.6. The zero-order chi connectivity index (χ0) is 22.2. The topological polar surface area (TPSA) is 97.4 Å². The first-order valence-electron chi connectivity index (χ1n) is 10.5. The molecular weight excluding hydrogens is 408 g/mol. The van der Waals surface area contributed by atoms with Crippen LogP contribution in [0.15, 0.2) is 42.5 Å². The molecule has 2 aromatic carbocycles. The van der Waals surface area contributed by atoms with E-state index < -0.39 is 5.97 Å².